The molecule has 1 fully saturated rings. The van der Waals surface area contributed by atoms with Crippen molar-refractivity contribution in [2.24, 2.45) is 0 Å². The summed E-state index contributed by atoms with van der Waals surface area (Å²) in [7, 11) is 0. The minimum Gasteiger partial charge on any atom is -0.295 e. The van der Waals surface area contributed by atoms with Gasteiger partial charge < -0.3 is 0 Å². The largest absolute Gasteiger partial charge is 0.295 e. The zero-order chi connectivity index (χ0) is 8.39. The van der Waals surface area contributed by atoms with Crippen LogP contribution in [0.25, 0.3) is 0 Å². The molecule has 1 aliphatic heterocycles. The monoisotopic (exact) mass is 163 g/mol. The number of hydroxylamine groups is 1. The van der Waals surface area contributed by atoms with Crippen LogP contribution >= 0.6 is 0 Å². The number of hydrogen-bond acceptors (Lipinski definition) is 3. The summed E-state index contributed by atoms with van der Waals surface area (Å²) in [5.74, 6) is 0.0844. The second-order valence-corrected chi connectivity index (χ2v) is 2.72. The van der Waals surface area contributed by atoms with Crippen LogP contribution in [0.5, 0.6) is 0 Å². The molecular formula is C9H9NO2. The van der Waals surface area contributed by atoms with E-state index in [0.29, 0.717) is 0 Å². The van der Waals surface area contributed by atoms with E-state index in [1.54, 1.807) is 0 Å². The van der Waals surface area contributed by atoms with Crippen molar-refractivity contribution < 1.29 is 9.63 Å². The summed E-state index contributed by atoms with van der Waals surface area (Å²) in [6.07, 6.45) is 0. The minimum absolute atomic E-state index is 0.0844. The fraction of sp³-hybridized carbons (Fsp3) is 0.222. The van der Waals surface area contributed by atoms with Gasteiger partial charge in [-0.05, 0) is 5.56 Å². The SMILES string of the molecule is O=C1CONC1c1ccccc1. The van der Waals surface area contributed by atoms with Crippen molar-refractivity contribution >= 4 is 5.78 Å². The number of ketones is 1. The molecule has 1 N–H and O–H groups in total. The van der Waals surface area contributed by atoms with E-state index in [2.05, 4.69) is 5.48 Å². The average molecular weight is 163 g/mol. The third-order valence-electron chi connectivity index (χ3n) is 1.87. The summed E-state index contributed by atoms with van der Waals surface area (Å²) >= 11 is 0. The van der Waals surface area contributed by atoms with Crippen LogP contribution in [-0.2, 0) is 9.63 Å². The van der Waals surface area contributed by atoms with E-state index in [0.717, 1.165) is 5.56 Å². The maximum atomic E-state index is 11.2. The van der Waals surface area contributed by atoms with Gasteiger partial charge >= 0.3 is 0 Å². The van der Waals surface area contributed by atoms with Crippen molar-refractivity contribution in [3.05, 3.63) is 35.9 Å². The van der Waals surface area contributed by atoms with Gasteiger partial charge in [0.2, 0.25) is 0 Å². The normalized spacial score (nSPS) is 23.0. The molecule has 3 nitrogen and oxygen atoms in total. The smallest absolute Gasteiger partial charge is 0.184 e. The average Bonchev–Trinajstić information content (AvgIpc) is 2.53. The van der Waals surface area contributed by atoms with Gasteiger partial charge in [0.1, 0.15) is 12.6 Å². The molecule has 0 radical (unpaired) electrons. The lowest BCUT2D eigenvalue weighted by molar-refractivity contribution is -0.118. The van der Waals surface area contributed by atoms with Crippen molar-refractivity contribution in [1.29, 1.82) is 0 Å². The maximum absolute atomic E-state index is 11.2. The third kappa shape index (κ3) is 1.24. The summed E-state index contributed by atoms with van der Waals surface area (Å²) in [6, 6.07) is 9.27. The van der Waals surface area contributed by atoms with E-state index >= 15 is 0 Å². The van der Waals surface area contributed by atoms with E-state index < -0.39 is 0 Å². The quantitative estimate of drug-likeness (QED) is 0.666. The lowest BCUT2D eigenvalue weighted by Gasteiger charge is -2.05. The van der Waals surface area contributed by atoms with Gasteiger partial charge in [-0.2, -0.15) is 5.48 Å². The Hall–Kier alpha value is -1.19. The highest BCUT2D eigenvalue weighted by Crippen LogP contribution is 2.16. The number of carbonyl (C=O) groups is 1. The van der Waals surface area contributed by atoms with Gasteiger partial charge in [0, 0.05) is 0 Å². The minimum atomic E-state index is -0.272. The Balaban J connectivity index is 2.25. The Bertz CT molecular complexity index is 284. The van der Waals surface area contributed by atoms with Crippen LogP contribution in [0.4, 0.5) is 0 Å². The first kappa shape index (κ1) is 7.46. The molecule has 1 aromatic carbocycles. The lowest BCUT2D eigenvalue weighted by atomic mass is 10.1. The molecule has 1 saturated heterocycles. The Labute approximate surface area is 70.3 Å². The van der Waals surface area contributed by atoms with Gasteiger partial charge in [0.25, 0.3) is 0 Å². The molecule has 0 saturated carbocycles. The van der Waals surface area contributed by atoms with Crippen LogP contribution < -0.4 is 5.48 Å². The van der Waals surface area contributed by atoms with Gasteiger partial charge in [-0.15, -0.1) is 0 Å². The molecule has 0 aromatic heterocycles. The molecule has 62 valence electrons. The molecule has 1 aliphatic rings. The van der Waals surface area contributed by atoms with Crippen molar-refractivity contribution in [2.75, 3.05) is 6.61 Å². The lowest BCUT2D eigenvalue weighted by Crippen LogP contribution is -2.16. The van der Waals surface area contributed by atoms with Crippen LogP contribution in [0.3, 0.4) is 0 Å². The maximum Gasteiger partial charge on any atom is 0.184 e. The fourth-order valence-corrected chi connectivity index (χ4v) is 1.24. The van der Waals surface area contributed by atoms with Crippen molar-refractivity contribution in [2.45, 2.75) is 6.04 Å². The van der Waals surface area contributed by atoms with Crippen LogP contribution in [0.15, 0.2) is 30.3 Å². The Morgan fingerprint density at radius 3 is 2.67 bits per heavy atom. The molecule has 0 aliphatic carbocycles. The summed E-state index contributed by atoms with van der Waals surface area (Å²) in [4.78, 5) is 16.0. The second kappa shape index (κ2) is 3.05. The number of nitrogens with one attached hydrogen (secondary N) is 1. The molecule has 3 heteroatoms. The molecule has 1 aromatic rings. The zero-order valence-electron chi connectivity index (χ0n) is 6.49. The predicted molar refractivity (Wildman–Crippen MR) is 43.3 cm³/mol. The van der Waals surface area contributed by atoms with Gasteiger partial charge in [-0.25, -0.2) is 0 Å². The highest BCUT2D eigenvalue weighted by atomic mass is 16.7. The first-order valence-electron chi connectivity index (χ1n) is 3.83. The van der Waals surface area contributed by atoms with Gasteiger partial charge in [0.05, 0.1) is 0 Å². The van der Waals surface area contributed by atoms with Gasteiger partial charge in [-0.3, -0.25) is 9.63 Å². The van der Waals surface area contributed by atoms with E-state index in [9.17, 15) is 4.79 Å². The van der Waals surface area contributed by atoms with Crippen LogP contribution in [0.2, 0.25) is 0 Å². The topological polar surface area (TPSA) is 38.3 Å². The fourth-order valence-electron chi connectivity index (χ4n) is 1.24. The predicted octanol–water partition coefficient (Wildman–Crippen LogP) is 0.832. The molecule has 2 rings (SSSR count). The van der Waals surface area contributed by atoms with Crippen molar-refractivity contribution in [3.63, 3.8) is 0 Å². The Morgan fingerprint density at radius 1 is 1.33 bits per heavy atom. The van der Waals surface area contributed by atoms with Crippen LogP contribution in [-0.4, -0.2) is 12.4 Å². The van der Waals surface area contributed by atoms with E-state index in [1.807, 2.05) is 30.3 Å². The summed E-state index contributed by atoms with van der Waals surface area (Å²) in [5.41, 5.74) is 3.63. The number of benzene rings is 1. The molecule has 0 spiro atoms. The number of carbonyl (C=O) groups excluding carboxylic acids is 1. The molecular weight excluding hydrogens is 154 g/mol. The Kier molecular flexibility index (Phi) is 1.89. The summed E-state index contributed by atoms with van der Waals surface area (Å²) in [5, 5.41) is 0. The first-order valence-corrected chi connectivity index (χ1v) is 3.83. The molecule has 12 heavy (non-hydrogen) atoms. The van der Waals surface area contributed by atoms with E-state index in [-0.39, 0.29) is 18.4 Å². The summed E-state index contributed by atoms with van der Waals surface area (Å²) < 4.78 is 0. The molecule has 1 heterocycles. The van der Waals surface area contributed by atoms with Gasteiger partial charge in [-0.1, -0.05) is 30.3 Å². The number of rotatable bonds is 1. The molecule has 1 atom stereocenters. The highest BCUT2D eigenvalue weighted by molar-refractivity contribution is 5.87. The number of hydrogen-bond donors (Lipinski definition) is 1. The Morgan fingerprint density at radius 2 is 2.08 bits per heavy atom. The molecule has 0 bridgehead atoms. The third-order valence-corrected chi connectivity index (χ3v) is 1.87. The van der Waals surface area contributed by atoms with E-state index in [4.69, 9.17) is 4.84 Å². The number of Topliss-reactive ketones (excluding diaryl/α,β-unsaturated/α-hetero) is 1. The van der Waals surface area contributed by atoms with Gasteiger partial charge in [0.15, 0.2) is 5.78 Å². The van der Waals surface area contributed by atoms with Crippen LogP contribution in [0.1, 0.15) is 11.6 Å². The van der Waals surface area contributed by atoms with Crippen LogP contribution in [0, 0.1) is 0 Å². The zero-order valence-corrected chi connectivity index (χ0v) is 6.49. The highest BCUT2D eigenvalue weighted by Gasteiger charge is 2.25. The molecule has 0 amide bonds. The van der Waals surface area contributed by atoms with Crippen molar-refractivity contribution in [3.8, 4) is 0 Å². The van der Waals surface area contributed by atoms with E-state index in [1.165, 1.54) is 0 Å². The first-order chi connectivity index (χ1) is 5.88. The second-order valence-electron chi connectivity index (χ2n) is 2.72. The summed E-state index contributed by atoms with van der Waals surface area (Å²) in [6.45, 7) is 0.166. The standard InChI is InChI=1S/C9H9NO2/c11-8-6-12-10-9(8)7-4-2-1-3-5-7/h1-5,9-10H,6H2. The molecule has 1 unspecified atom stereocenters. The van der Waals surface area contributed by atoms with Crippen molar-refractivity contribution in [1.82, 2.24) is 5.48 Å².